The quantitative estimate of drug-likeness (QED) is 0.192. The van der Waals surface area contributed by atoms with E-state index in [4.69, 9.17) is 4.42 Å². The fourth-order valence-electron chi connectivity index (χ4n) is 7.75. The van der Waals surface area contributed by atoms with E-state index in [0.29, 0.717) is 0 Å². The minimum atomic E-state index is 0.908. The summed E-state index contributed by atoms with van der Waals surface area (Å²) in [6.07, 6.45) is 0. The SMILES string of the molecule is c1ccc2c(c1)oc1cc(-n3c4ccccc4c4c5sc6ccc(-n7c8ccccc8c8ccccc87)cc6c5ccc43)ccc12. The molecule has 4 heteroatoms. The maximum Gasteiger partial charge on any atom is 0.137 e. The minimum absolute atomic E-state index is 0.908. The molecule has 0 bridgehead atoms. The molecule has 0 saturated carbocycles. The molecule has 7 aromatic carbocycles. The summed E-state index contributed by atoms with van der Waals surface area (Å²) < 4.78 is 13.7. The summed E-state index contributed by atoms with van der Waals surface area (Å²) in [7, 11) is 0. The predicted molar refractivity (Wildman–Crippen MR) is 195 cm³/mol. The van der Waals surface area contributed by atoms with Gasteiger partial charge in [0.1, 0.15) is 11.2 Å². The highest BCUT2D eigenvalue weighted by Crippen LogP contribution is 2.44. The Hall–Kier alpha value is -5.84. The maximum absolute atomic E-state index is 6.31. The summed E-state index contributed by atoms with van der Waals surface area (Å²) in [4.78, 5) is 0. The van der Waals surface area contributed by atoms with Crippen molar-refractivity contribution in [1.82, 2.24) is 9.13 Å². The third-order valence-corrected chi connectivity index (χ3v) is 10.9. The maximum atomic E-state index is 6.31. The van der Waals surface area contributed by atoms with E-state index in [9.17, 15) is 0 Å². The second-order valence-corrected chi connectivity index (χ2v) is 13.2. The lowest BCUT2D eigenvalue weighted by molar-refractivity contribution is 0.668. The smallest absolute Gasteiger partial charge is 0.137 e. The van der Waals surface area contributed by atoms with Crippen LogP contribution >= 0.6 is 11.3 Å². The Labute approximate surface area is 266 Å². The van der Waals surface area contributed by atoms with E-state index in [1.807, 2.05) is 23.5 Å². The number of hydrogen-bond acceptors (Lipinski definition) is 2. The van der Waals surface area contributed by atoms with Gasteiger partial charge < -0.3 is 13.6 Å². The van der Waals surface area contributed by atoms with Gasteiger partial charge in [0.2, 0.25) is 0 Å². The summed E-state index contributed by atoms with van der Waals surface area (Å²) in [6.45, 7) is 0. The van der Waals surface area contributed by atoms with Gasteiger partial charge in [-0.15, -0.1) is 11.3 Å². The molecule has 214 valence electrons. The highest BCUT2D eigenvalue weighted by atomic mass is 32.1. The summed E-state index contributed by atoms with van der Waals surface area (Å²) in [5.41, 5.74) is 8.98. The first kappa shape index (κ1) is 24.5. The van der Waals surface area contributed by atoms with Gasteiger partial charge in [0, 0.05) is 69.9 Å². The van der Waals surface area contributed by atoms with Crippen molar-refractivity contribution in [2.45, 2.75) is 0 Å². The lowest BCUT2D eigenvalue weighted by Crippen LogP contribution is -1.93. The van der Waals surface area contributed by atoms with E-state index in [1.165, 1.54) is 69.5 Å². The Bertz CT molecular complexity index is 2990. The number of benzene rings is 7. The number of fused-ring (bicyclic) bond motifs is 13. The van der Waals surface area contributed by atoms with Crippen LogP contribution in [0.5, 0.6) is 0 Å². The van der Waals surface area contributed by atoms with Gasteiger partial charge in [0.05, 0.1) is 22.1 Å². The third-order valence-electron chi connectivity index (χ3n) is 9.72. The van der Waals surface area contributed by atoms with Crippen LogP contribution in [0.15, 0.2) is 150 Å². The fraction of sp³-hybridized carbons (Fsp3) is 0. The van der Waals surface area contributed by atoms with Crippen LogP contribution in [-0.4, -0.2) is 9.13 Å². The number of rotatable bonds is 2. The number of furan rings is 1. The molecular formula is C42H24N2OS. The third kappa shape index (κ3) is 3.16. The van der Waals surface area contributed by atoms with Crippen LogP contribution in [-0.2, 0) is 0 Å². The van der Waals surface area contributed by atoms with Crippen LogP contribution in [0.2, 0.25) is 0 Å². The Morgan fingerprint density at radius 3 is 1.74 bits per heavy atom. The van der Waals surface area contributed by atoms with Crippen LogP contribution in [0, 0.1) is 0 Å². The van der Waals surface area contributed by atoms with Crippen molar-refractivity contribution in [2.75, 3.05) is 0 Å². The Morgan fingerprint density at radius 2 is 0.957 bits per heavy atom. The van der Waals surface area contributed by atoms with Crippen molar-refractivity contribution < 1.29 is 4.42 Å². The average Bonchev–Trinajstić information content (AvgIpc) is 3.85. The van der Waals surface area contributed by atoms with Gasteiger partial charge in [-0.1, -0.05) is 78.9 Å². The molecule has 0 N–H and O–H groups in total. The molecule has 46 heavy (non-hydrogen) atoms. The Morgan fingerprint density at radius 1 is 0.391 bits per heavy atom. The van der Waals surface area contributed by atoms with Gasteiger partial charge in [-0.25, -0.2) is 0 Å². The van der Waals surface area contributed by atoms with Gasteiger partial charge >= 0.3 is 0 Å². The second-order valence-electron chi connectivity index (χ2n) is 12.1. The van der Waals surface area contributed by atoms with Crippen molar-refractivity contribution in [3.8, 4) is 11.4 Å². The molecule has 11 aromatic rings. The lowest BCUT2D eigenvalue weighted by Gasteiger charge is -2.08. The van der Waals surface area contributed by atoms with Gasteiger partial charge in [-0.2, -0.15) is 0 Å². The van der Waals surface area contributed by atoms with Gasteiger partial charge in [0.25, 0.3) is 0 Å². The molecule has 0 spiro atoms. The van der Waals surface area contributed by atoms with E-state index in [2.05, 4.69) is 143 Å². The number of nitrogens with zero attached hydrogens (tertiary/aromatic N) is 2. The molecule has 11 rings (SSSR count). The number of aromatic nitrogens is 2. The summed E-state index contributed by atoms with van der Waals surface area (Å²) in [6, 6.07) is 52.7. The average molecular weight is 605 g/mol. The molecule has 3 nitrogen and oxygen atoms in total. The molecule has 4 heterocycles. The predicted octanol–water partition coefficient (Wildman–Crippen LogP) is 12.1. The van der Waals surface area contributed by atoms with Gasteiger partial charge in [-0.05, 0) is 60.7 Å². The zero-order valence-electron chi connectivity index (χ0n) is 24.6. The number of para-hydroxylation sites is 4. The summed E-state index contributed by atoms with van der Waals surface area (Å²) in [5.74, 6) is 0. The first-order valence-electron chi connectivity index (χ1n) is 15.6. The lowest BCUT2D eigenvalue weighted by atomic mass is 10.1. The first-order chi connectivity index (χ1) is 22.8. The van der Waals surface area contributed by atoms with Crippen molar-refractivity contribution in [1.29, 1.82) is 0 Å². The van der Waals surface area contributed by atoms with Crippen LogP contribution < -0.4 is 0 Å². The monoisotopic (exact) mass is 604 g/mol. The molecular weight excluding hydrogens is 581 g/mol. The van der Waals surface area contributed by atoms with Crippen molar-refractivity contribution in [2.24, 2.45) is 0 Å². The molecule has 4 aromatic heterocycles. The van der Waals surface area contributed by atoms with Crippen LogP contribution in [0.1, 0.15) is 0 Å². The largest absolute Gasteiger partial charge is 0.456 e. The molecule has 0 radical (unpaired) electrons. The van der Waals surface area contributed by atoms with Crippen molar-refractivity contribution >= 4 is 97.1 Å². The molecule has 0 unspecified atom stereocenters. The van der Waals surface area contributed by atoms with E-state index >= 15 is 0 Å². The highest BCUT2D eigenvalue weighted by Gasteiger charge is 2.19. The van der Waals surface area contributed by atoms with E-state index < -0.39 is 0 Å². The van der Waals surface area contributed by atoms with Gasteiger partial charge in [-0.3, -0.25) is 0 Å². The van der Waals surface area contributed by atoms with Crippen LogP contribution in [0.25, 0.3) is 97.1 Å². The van der Waals surface area contributed by atoms with Crippen molar-refractivity contribution in [3.05, 3.63) is 146 Å². The number of thiophene rings is 1. The molecule has 0 aliphatic rings. The first-order valence-corrected chi connectivity index (χ1v) is 16.4. The molecule has 0 aliphatic heterocycles. The molecule has 0 amide bonds. The molecule has 0 atom stereocenters. The zero-order valence-corrected chi connectivity index (χ0v) is 25.4. The second kappa shape index (κ2) is 8.87. The Kier molecular flexibility index (Phi) is 4.72. The van der Waals surface area contributed by atoms with E-state index in [0.717, 1.165) is 27.6 Å². The Balaban J connectivity index is 1.18. The van der Waals surface area contributed by atoms with Crippen LogP contribution in [0.4, 0.5) is 0 Å². The zero-order chi connectivity index (χ0) is 29.9. The van der Waals surface area contributed by atoms with E-state index in [1.54, 1.807) is 0 Å². The molecule has 0 saturated heterocycles. The van der Waals surface area contributed by atoms with E-state index in [-0.39, 0.29) is 0 Å². The van der Waals surface area contributed by atoms with Gasteiger partial charge in [0.15, 0.2) is 0 Å². The molecule has 0 fully saturated rings. The minimum Gasteiger partial charge on any atom is -0.456 e. The summed E-state index contributed by atoms with van der Waals surface area (Å²) >= 11 is 1.89. The fourth-order valence-corrected chi connectivity index (χ4v) is 8.99. The summed E-state index contributed by atoms with van der Waals surface area (Å²) in [5, 5.41) is 10.0. The van der Waals surface area contributed by atoms with Crippen molar-refractivity contribution in [3.63, 3.8) is 0 Å². The standard InChI is InChI=1S/C42H24N2OS/c1-5-13-34-27(9-1)28-10-2-6-14-35(28)43(34)25-18-22-40-33(23-25)31-20-21-37-41(42(31)46-40)32-12-3-7-15-36(32)44(37)26-17-19-30-29-11-4-8-16-38(29)45-39(30)24-26/h1-24H. The topological polar surface area (TPSA) is 23.0 Å². The number of hydrogen-bond donors (Lipinski definition) is 0. The molecule has 0 aliphatic carbocycles. The highest BCUT2D eigenvalue weighted by molar-refractivity contribution is 7.26. The van der Waals surface area contributed by atoms with Crippen LogP contribution in [0.3, 0.4) is 0 Å². The normalized spacial score (nSPS) is 12.3.